The minimum Gasteiger partial charge on any atom is -0.245 e. The molecule has 0 unspecified atom stereocenters. The number of nitrogens with one attached hydrogen (secondary N) is 1. The van der Waals surface area contributed by atoms with Crippen molar-refractivity contribution >= 4 is 16.5 Å². The molecule has 7 heavy (non-hydrogen) atoms. The first-order valence-electron chi connectivity index (χ1n) is 1.19. The summed E-state index contributed by atoms with van der Waals surface area (Å²) in [7, 11) is -2.76. The Labute approximate surface area is 40.8 Å². The first kappa shape index (κ1) is 6.09. The zero-order chi connectivity index (χ0) is 5.86. The maximum absolute atomic E-state index is 9.36. The number of rotatable bonds is 0. The van der Waals surface area contributed by atoms with Gasteiger partial charge in [-0.2, -0.15) is 8.42 Å². The molecule has 0 saturated carbocycles. The molecule has 0 aromatic heterocycles. The van der Waals surface area contributed by atoms with Crippen LogP contribution < -0.4 is 5.73 Å². The lowest BCUT2D eigenvalue weighted by Crippen LogP contribution is -1.85. The number of carbonyl (C=O) groups is 1. The quantitative estimate of drug-likeness (QED) is 0.430. The normalized spacial score (nSPS) is 7.43. The van der Waals surface area contributed by atoms with Gasteiger partial charge in [-0.1, -0.05) is 4.36 Å². The lowest BCUT2D eigenvalue weighted by atomic mass is 11.2. The molecular formula is CHN2O3S. The Hall–Kier alpha value is -0.910. The van der Waals surface area contributed by atoms with Crippen molar-refractivity contribution in [1.82, 2.24) is 5.73 Å². The van der Waals surface area contributed by atoms with E-state index in [1.807, 2.05) is 0 Å². The van der Waals surface area contributed by atoms with E-state index >= 15 is 0 Å². The van der Waals surface area contributed by atoms with Crippen molar-refractivity contribution in [1.29, 1.82) is 0 Å². The Morgan fingerprint density at radius 1 is 1.57 bits per heavy atom. The fourth-order valence-corrected chi connectivity index (χ4v) is 0.203. The summed E-state index contributed by atoms with van der Waals surface area (Å²) in [5.41, 5.74) is 5.91. The van der Waals surface area contributed by atoms with Crippen molar-refractivity contribution < 1.29 is 13.2 Å². The Kier molecular flexibility index (Phi) is 2.00. The van der Waals surface area contributed by atoms with Crippen molar-refractivity contribution in [3.05, 3.63) is 0 Å². The molecule has 0 atom stereocenters. The molecule has 1 radical (unpaired) electrons. The number of hydrogen-bond donors (Lipinski definition) is 0. The molecule has 1 N–H and O–H groups in total. The van der Waals surface area contributed by atoms with Crippen molar-refractivity contribution in [2.45, 2.75) is 0 Å². The number of amides is 2. The van der Waals surface area contributed by atoms with Gasteiger partial charge in [0.1, 0.15) is 0 Å². The fraction of sp³-hybridized carbons (Fsp3) is 0. The van der Waals surface area contributed by atoms with Crippen molar-refractivity contribution in [3.8, 4) is 0 Å². The smallest absolute Gasteiger partial charge is 0.245 e. The van der Waals surface area contributed by atoms with Gasteiger partial charge in [-0.3, -0.25) is 0 Å². The van der Waals surface area contributed by atoms with Gasteiger partial charge in [-0.15, -0.1) is 0 Å². The molecule has 0 heterocycles. The molecule has 39 valence electrons. The van der Waals surface area contributed by atoms with Crippen molar-refractivity contribution in [3.63, 3.8) is 0 Å². The third-order valence-electron chi connectivity index (χ3n) is 0.157. The molecule has 0 bridgehead atoms. The molecule has 0 aromatic carbocycles. The van der Waals surface area contributed by atoms with Gasteiger partial charge in [-0.05, 0) is 0 Å². The summed E-state index contributed by atoms with van der Waals surface area (Å²) in [5, 5.41) is 0. The van der Waals surface area contributed by atoms with E-state index in [2.05, 4.69) is 4.36 Å². The van der Waals surface area contributed by atoms with Crippen LogP contribution in [0, 0.1) is 0 Å². The monoisotopic (exact) mass is 121 g/mol. The first-order chi connectivity index (χ1) is 3.13. The summed E-state index contributed by atoms with van der Waals surface area (Å²) >= 11 is 0. The Morgan fingerprint density at radius 3 is 2.00 bits per heavy atom. The van der Waals surface area contributed by atoms with Gasteiger partial charge >= 0.3 is 16.5 Å². The van der Waals surface area contributed by atoms with E-state index in [0.717, 1.165) is 0 Å². The zero-order valence-corrected chi connectivity index (χ0v) is 3.90. The average Bonchev–Trinajstić information content (AvgIpc) is 1.27. The summed E-state index contributed by atoms with van der Waals surface area (Å²) in [4.78, 5) is 9.36. The van der Waals surface area contributed by atoms with Gasteiger partial charge in [-0.25, -0.2) is 10.5 Å². The van der Waals surface area contributed by atoms with Crippen molar-refractivity contribution in [2.75, 3.05) is 0 Å². The summed E-state index contributed by atoms with van der Waals surface area (Å²) in [5.74, 6) is 0. The third-order valence-corrected chi connectivity index (χ3v) is 0.472. The minimum absolute atomic E-state index is 1.45. The van der Waals surface area contributed by atoms with Crippen molar-refractivity contribution in [2.24, 2.45) is 4.36 Å². The molecule has 0 fully saturated rings. The first-order valence-corrected chi connectivity index (χ1v) is 2.23. The largest absolute Gasteiger partial charge is 0.374 e. The van der Waals surface area contributed by atoms with Crippen LogP contribution in [0.2, 0.25) is 0 Å². The molecule has 0 spiro atoms. The summed E-state index contributed by atoms with van der Waals surface area (Å²) < 4.78 is 20.8. The van der Waals surface area contributed by atoms with Gasteiger partial charge in [0.15, 0.2) is 0 Å². The van der Waals surface area contributed by atoms with E-state index in [1.165, 1.54) is 0 Å². The van der Waals surface area contributed by atoms with Crippen LogP contribution in [-0.4, -0.2) is 14.4 Å². The lowest BCUT2D eigenvalue weighted by Gasteiger charge is -1.61. The second-order valence-electron chi connectivity index (χ2n) is 0.614. The summed E-state index contributed by atoms with van der Waals surface area (Å²) in [6.45, 7) is 0. The second kappa shape index (κ2) is 2.30. The van der Waals surface area contributed by atoms with E-state index in [9.17, 15) is 13.2 Å². The Bertz CT molecular complexity index is 181. The van der Waals surface area contributed by atoms with Gasteiger partial charge in [0.2, 0.25) is 0 Å². The zero-order valence-electron chi connectivity index (χ0n) is 3.08. The highest BCUT2D eigenvalue weighted by Gasteiger charge is 1.82. The van der Waals surface area contributed by atoms with E-state index in [-0.39, 0.29) is 0 Å². The molecule has 0 aliphatic rings. The lowest BCUT2D eigenvalue weighted by molar-refractivity contribution is 0.256. The van der Waals surface area contributed by atoms with E-state index in [1.54, 1.807) is 0 Å². The van der Waals surface area contributed by atoms with E-state index < -0.39 is 16.5 Å². The fourth-order valence-electron chi connectivity index (χ4n) is 0.0677. The predicted molar refractivity (Wildman–Crippen MR) is 19.8 cm³/mol. The second-order valence-corrected chi connectivity index (χ2v) is 1.23. The minimum atomic E-state index is -2.76. The SMILES string of the molecule is [NH]C(=O)N=S(=O)=O. The average molecular weight is 121 g/mol. The maximum atomic E-state index is 9.36. The van der Waals surface area contributed by atoms with Gasteiger partial charge < -0.3 is 0 Å². The molecule has 5 nitrogen and oxygen atoms in total. The summed E-state index contributed by atoms with van der Waals surface area (Å²) in [6, 6.07) is -1.45. The number of hydrogen-bond acceptors (Lipinski definition) is 3. The van der Waals surface area contributed by atoms with E-state index in [4.69, 9.17) is 5.73 Å². The van der Waals surface area contributed by atoms with Crippen LogP contribution in [0.5, 0.6) is 0 Å². The molecule has 6 heteroatoms. The van der Waals surface area contributed by atoms with Crippen LogP contribution >= 0.6 is 0 Å². The van der Waals surface area contributed by atoms with E-state index in [0.29, 0.717) is 0 Å². The standard InChI is InChI=1S/CHN2O3S/c2-1(4)3-7(5)6/h2H. The van der Waals surface area contributed by atoms with Crippen LogP contribution in [0.1, 0.15) is 0 Å². The molecule has 0 aliphatic carbocycles. The molecule has 0 rings (SSSR count). The molecule has 0 aliphatic heterocycles. The molecule has 2 amide bonds. The maximum Gasteiger partial charge on any atom is 0.374 e. The van der Waals surface area contributed by atoms with Gasteiger partial charge in [0.05, 0.1) is 0 Å². The Balaban J connectivity index is 4.26. The van der Waals surface area contributed by atoms with Gasteiger partial charge in [0.25, 0.3) is 0 Å². The summed E-state index contributed by atoms with van der Waals surface area (Å²) in [6.07, 6.45) is 0. The highest BCUT2D eigenvalue weighted by molar-refractivity contribution is 7.62. The molecular weight excluding hydrogens is 120 g/mol. The highest BCUT2D eigenvalue weighted by Crippen LogP contribution is 1.63. The van der Waals surface area contributed by atoms with Crippen LogP contribution in [-0.2, 0) is 10.5 Å². The Morgan fingerprint density at radius 2 is 2.00 bits per heavy atom. The highest BCUT2D eigenvalue weighted by atomic mass is 32.2. The number of carbonyl (C=O) groups excluding carboxylic acids is 1. The van der Waals surface area contributed by atoms with Gasteiger partial charge in [0, 0.05) is 0 Å². The third kappa shape index (κ3) is 5.09. The number of nitrogens with zero attached hydrogens (tertiary/aromatic N) is 1. The van der Waals surface area contributed by atoms with Crippen LogP contribution in [0.25, 0.3) is 0 Å². The molecule has 0 aromatic rings. The topological polar surface area (TPSA) is 87.4 Å². The van der Waals surface area contributed by atoms with Crippen LogP contribution in [0.3, 0.4) is 0 Å². The number of urea groups is 1. The molecule has 0 saturated heterocycles. The van der Waals surface area contributed by atoms with Crippen LogP contribution in [0.4, 0.5) is 4.79 Å². The predicted octanol–water partition coefficient (Wildman–Crippen LogP) is -0.548. The van der Waals surface area contributed by atoms with Crippen LogP contribution in [0.15, 0.2) is 4.36 Å².